The van der Waals surface area contributed by atoms with Gasteiger partial charge in [0.15, 0.2) is 0 Å². The van der Waals surface area contributed by atoms with Gasteiger partial charge in [0.25, 0.3) is 0 Å². The highest BCUT2D eigenvalue weighted by Crippen LogP contribution is 2.37. The molecule has 26 heavy (non-hydrogen) atoms. The summed E-state index contributed by atoms with van der Waals surface area (Å²) in [5, 5.41) is 5.13. The third-order valence-corrected chi connectivity index (χ3v) is 5.82. The number of aromatic nitrogens is 1. The van der Waals surface area contributed by atoms with Crippen LogP contribution in [-0.4, -0.2) is 4.98 Å². The number of hydrogen-bond acceptors (Lipinski definition) is 1. The van der Waals surface area contributed by atoms with Crippen LogP contribution in [0.15, 0.2) is 60.8 Å². The van der Waals surface area contributed by atoms with Crippen LogP contribution in [0.2, 0.25) is 0 Å². The molecule has 5 rings (SSSR count). The summed E-state index contributed by atoms with van der Waals surface area (Å²) in [5.74, 6) is 0.553. The van der Waals surface area contributed by atoms with E-state index in [1.54, 1.807) is 5.56 Å². The van der Waals surface area contributed by atoms with Gasteiger partial charge in [-0.1, -0.05) is 50.2 Å². The summed E-state index contributed by atoms with van der Waals surface area (Å²) in [6.07, 6.45) is 5.69. The third-order valence-electron chi connectivity index (χ3n) is 5.82. The average Bonchev–Trinajstić information content (AvgIpc) is 3.15. The van der Waals surface area contributed by atoms with Gasteiger partial charge in [-0.05, 0) is 76.2 Å². The molecule has 0 amide bonds. The predicted molar refractivity (Wildman–Crippen MR) is 111 cm³/mol. The van der Waals surface area contributed by atoms with Crippen molar-refractivity contribution in [3.05, 3.63) is 77.5 Å². The lowest BCUT2D eigenvalue weighted by molar-refractivity contribution is 0.839. The van der Waals surface area contributed by atoms with Crippen molar-refractivity contribution in [1.29, 1.82) is 0 Å². The summed E-state index contributed by atoms with van der Waals surface area (Å²) in [6, 6.07) is 20.0. The van der Waals surface area contributed by atoms with Crippen molar-refractivity contribution in [1.82, 2.24) is 4.98 Å². The number of aryl methyl sites for hydroxylation is 1. The molecule has 0 fully saturated rings. The minimum Gasteiger partial charge on any atom is -0.256 e. The minimum atomic E-state index is 0.553. The molecule has 1 heterocycles. The maximum Gasteiger partial charge on any atom is 0.0780 e. The fourth-order valence-corrected chi connectivity index (χ4v) is 4.56. The number of rotatable bonds is 2. The highest BCUT2D eigenvalue weighted by Gasteiger charge is 2.19. The van der Waals surface area contributed by atoms with Crippen LogP contribution in [0.4, 0.5) is 0 Å². The van der Waals surface area contributed by atoms with Gasteiger partial charge in [0, 0.05) is 17.1 Å². The van der Waals surface area contributed by atoms with Gasteiger partial charge in [-0.2, -0.15) is 0 Å². The van der Waals surface area contributed by atoms with E-state index in [0.29, 0.717) is 5.92 Å². The first-order valence-corrected chi connectivity index (χ1v) is 9.65. The fourth-order valence-electron chi connectivity index (χ4n) is 4.56. The van der Waals surface area contributed by atoms with E-state index in [0.717, 1.165) is 5.69 Å². The number of fused-ring (bicyclic) bond motifs is 4. The van der Waals surface area contributed by atoms with E-state index in [-0.39, 0.29) is 0 Å². The van der Waals surface area contributed by atoms with E-state index in [9.17, 15) is 0 Å². The average molecular weight is 337 g/mol. The summed E-state index contributed by atoms with van der Waals surface area (Å²) in [7, 11) is 0. The van der Waals surface area contributed by atoms with Gasteiger partial charge >= 0.3 is 0 Å². The largest absolute Gasteiger partial charge is 0.256 e. The lowest BCUT2D eigenvalue weighted by Gasteiger charge is -2.16. The molecule has 0 bridgehead atoms. The summed E-state index contributed by atoms with van der Waals surface area (Å²) in [5.41, 5.74) is 7.02. The zero-order valence-electron chi connectivity index (χ0n) is 15.4. The van der Waals surface area contributed by atoms with Crippen LogP contribution in [0.1, 0.15) is 42.9 Å². The van der Waals surface area contributed by atoms with Crippen LogP contribution in [0.25, 0.3) is 32.8 Å². The first-order chi connectivity index (χ1) is 12.7. The minimum absolute atomic E-state index is 0.553. The van der Waals surface area contributed by atoms with Gasteiger partial charge in [-0.25, -0.2) is 0 Å². The molecule has 0 radical (unpaired) electrons. The van der Waals surface area contributed by atoms with Crippen LogP contribution in [0, 0.1) is 0 Å². The second-order valence-corrected chi connectivity index (χ2v) is 7.75. The fraction of sp³-hybridized carbons (Fsp3) is 0.240. The second-order valence-electron chi connectivity index (χ2n) is 7.75. The molecule has 0 unspecified atom stereocenters. The van der Waals surface area contributed by atoms with Crippen LogP contribution in [0.5, 0.6) is 0 Å². The van der Waals surface area contributed by atoms with Crippen LogP contribution < -0.4 is 0 Å². The summed E-state index contributed by atoms with van der Waals surface area (Å²) < 4.78 is 0. The Hall–Kier alpha value is -2.67. The van der Waals surface area contributed by atoms with Crippen molar-refractivity contribution in [3.63, 3.8) is 0 Å². The third kappa shape index (κ3) is 2.34. The molecule has 128 valence electrons. The standard InChI is InChI=1S/C25H23N/c1-16(2)24-15-19(14-18-7-5-9-21(18)24)25-23-11-10-17-6-3-4-8-20(17)22(23)12-13-26-25/h3-4,6,8,10-16H,5,7,9H2,1-2H3. The monoisotopic (exact) mass is 337 g/mol. The highest BCUT2D eigenvalue weighted by molar-refractivity contribution is 6.11. The zero-order valence-corrected chi connectivity index (χ0v) is 15.4. The van der Waals surface area contributed by atoms with Crippen LogP contribution in [0.3, 0.4) is 0 Å². The SMILES string of the molecule is CC(C)c1cc(-c2nccc3c2ccc2ccccc23)cc2c1CCC2. The van der Waals surface area contributed by atoms with Crippen molar-refractivity contribution in [2.75, 3.05) is 0 Å². The lowest BCUT2D eigenvalue weighted by atomic mass is 9.90. The Balaban J connectivity index is 1.80. The van der Waals surface area contributed by atoms with Crippen molar-refractivity contribution in [3.8, 4) is 11.3 Å². The van der Waals surface area contributed by atoms with E-state index in [1.807, 2.05) is 6.20 Å². The van der Waals surface area contributed by atoms with Gasteiger partial charge in [-0.3, -0.25) is 4.98 Å². The van der Waals surface area contributed by atoms with Gasteiger partial charge in [0.2, 0.25) is 0 Å². The molecule has 1 heteroatoms. The number of hydrogen-bond donors (Lipinski definition) is 0. The Bertz CT molecular complexity index is 1140. The van der Waals surface area contributed by atoms with Crippen molar-refractivity contribution < 1.29 is 0 Å². The van der Waals surface area contributed by atoms with Crippen molar-refractivity contribution in [2.24, 2.45) is 0 Å². The number of pyridine rings is 1. The maximum atomic E-state index is 4.81. The van der Waals surface area contributed by atoms with E-state index in [1.165, 1.54) is 57.5 Å². The first-order valence-electron chi connectivity index (χ1n) is 9.65. The Morgan fingerprint density at radius 3 is 2.62 bits per heavy atom. The molecule has 4 aromatic rings. The molecule has 1 aliphatic carbocycles. The van der Waals surface area contributed by atoms with Gasteiger partial charge in [0.05, 0.1) is 5.69 Å². The zero-order chi connectivity index (χ0) is 17.7. The van der Waals surface area contributed by atoms with Crippen molar-refractivity contribution >= 4 is 21.5 Å². The molecule has 0 spiro atoms. The molecule has 0 N–H and O–H groups in total. The van der Waals surface area contributed by atoms with Crippen LogP contribution in [-0.2, 0) is 12.8 Å². The Labute approximate surface area is 154 Å². The second kappa shape index (κ2) is 5.95. The van der Waals surface area contributed by atoms with Gasteiger partial charge in [-0.15, -0.1) is 0 Å². The Morgan fingerprint density at radius 1 is 0.846 bits per heavy atom. The van der Waals surface area contributed by atoms with E-state index >= 15 is 0 Å². The van der Waals surface area contributed by atoms with E-state index in [4.69, 9.17) is 4.98 Å². The molecule has 0 aliphatic heterocycles. The molecule has 1 nitrogen and oxygen atoms in total. The van der Waals surface area contributed by atoms with Crippen molar-refractivity contribution in [2.45, 2.75) is 39.0 Å². The molecule has 0 atom stereocenters. The Kier molecular flexibility index (Phi) is 3.56. The molecule has 3 aromatic carbocycles. The van der Waals surface area contributed by atoms with E-state index < -0.39 is 0 Å². The summed E-state index contributed by atoms with van der Waals surface area (Å²) in [4.78, 5) is 4.81. The topological polar surface area (TPSA) is 12.9 Å². The molecule has 0 saturated heterocycles. The first kappa shape index (κ1) is 15.6. The number of nitrogens with zero attached hydrogens (tertiary/aromatic N) is 1. The molecular weight excluding hydrogens is 314 g/mol. The molecule has 1 aliphatic rings. The van der Waals surface area contributed by atoms with Gasteiger partial charge < -0.3 is 0 Å². The number of benzene rings is 3. The quantitative estimate of drug-likeness (QED) is 0.372. The Morgan fingerprint density at radius 2 is 1.73 bits per heavy atom. The highest BCUT2D eigenvalue weighted by atomic mass is 14.7. The van der Waals surface area contributed by atoms with E-state index in [2.05, 4.69) is 68.4 Å². The van der Waals surface area contributed by atoms with Crippen LogP contribution >= 0.6 is 0 Å². The summed E-state index contributed by atoms with van der Waals surface area (Å²) >= 11 is 0. The molecular formula is C25H23N. The molecule has 1 aromatic heterocycles. The van der Waals surface area contributed by atoms with Gasteiger partial charge in [0.1, 0.15) is 0 Å². The normalized spacial score (nSPS) is 13.7. The summed E-state index contributed by atoms with van der Waals surface area (Å²) in [6.45, 7) is 4.61. The smallest absolute Gasteiger partial charge is 0.0780 e. The molecule has 0 saturated carbocycles. The maximum absolute atomic E-state index is 4.81. The predicted octanol–water partition coefficient (Wildman–Crippen LogP) is 6.67. The lowest BCUT2D eigenvalue weighted by Crippen LogP contribution is -1.98.